The van der Waals surface area contributed by atoms with Crippen molar-refractivity contribution in [2.45, 2.75) is 13.8 Å². The van der Waals surface area contributed by atoms with Crippen molar-refractivity contribution in [1.29, 1.82) is 0 Å². The Hall–Kier alpha value is -2.30. The van der Waals surface area contributed by atoms with Crippen LogP contribution in [0.15, 0.2) is 28.9 Å². The number of methoxy groups -OCH3 is 1. The Labute approximate surface area is 111 Å². The van der Waals surface area contributed by atoms with Crippen LogP contribution in [0.4, 0.5) is 0 Å². The highest BCUT2D eigenvalue weighted by molar-refractivity contribution is 6.24. The van der Waals surface area contributed by atoms with Crippen LogP contribution < -0.4 is 9.47 Å². The summed E-state index contributed by atoms with van der Waals surface area (Å²) in [6.07, 6.45) is 1.72. The number of hydrogen-bond donors (Lipinski definition) is 0. The van der Waals surface area contributed by atoms with Crippen molar-refractivity contribution in [3.8, 4) is 11.5 Å². The Morgan fingerprint density at radius 3 is 2.74 bits per heavy atom. The third-order valence-corrected chi connectivity index (χ3v) is 2.67. The minimum atomic E-state index is -0.439. The summed E-state index contributed by atoms with van der Waals surface area (Å²) in [5.41, 5.74) is 1.85. The van der Waals surface area contributed by atoms with E-state index >= 15 is 0 Å². The van der Waals surface area contributed by atoms with Gasteiger partial charge in [-0.15, -0.1) is 0 Å². The topological polar surface area (TPSA) is 57.1 Å². The minimum absolute atomic E-state index is 0.439. The molecule has 0 amide bonds. The number of rotatable bonds is 4. The fourth-order valence-corrected chi connectivity index (χ4v) is 1.74. The Kier molecular flexibility index (Phi) is 3.85. The molecule has 0 atom stereocenters. The monoisotopic (exact) mass is 261 g/mol. The fraction of sp³-hybridized carbons (Fsp3) is 0.286. The van der Waals surface area contributed by atoms with Gasteiger partial charge in [-0.3, -0.25) is 0 Å². The summed E-state index contributed by atoms with van der Waals surface area (Å²) in [6.45, 7) is 4.17. The second-order valence-corrected chi connectivity index (χ2v) is 3.96. The van der Waals surface area contributed by atoms with Crippen LogP contribution in [0.3, 0.4) is 0 Å². The van der Waals surface area contributed by atoms with E-state index in [2.05, 4.69) is 9.99 Å². The van der Waals surface area contributed by atoms with Crippen LogP contribution in [0.25, 0.3) is 6.08 Å². The molecule has 1 aliphatic rings. The van der Waals surface area contributed by atoms with E-state index in [0.717, 1.165) is 5.56 Å². The highest BCUT2D eigenvalue weighted by atomic mass is 16.7. The molecular weight excluding hydrogens is 246 g/mol. The van der Waals surface area contributed by atoms with Gasteiger partial charge in [0.2, 0.25) is 0 Å². The third-order valence-electron chi connectivity index (χ3n) is 2.67. The lowest BCUT2D eigenvalue weighted by Gasteiger charge is -2.09. The number of nitrogens with zero attached hydrogens (tertiary/aromatic N) is 1. The zero-order valence-electron chi connectivity index (χ0n) is 11.1. The Balaban J connectivity index is 2.36. The highest BCUT2D eigenvalue weighted by Gasteiger charge is 2.21. The van der Waals surface area contributed by atoms with Crippen LogP contribution in [0, 0.1) is 0 Å². The van der Waals surface area contributed by atoms with Crippen LogP contribution >= 0.6 is 0 Å². The number of carbonyl (C=O) groups excluding carboxylic acids is 1. The van der Waals surface area contributed by atoms with Gasteiger partial charge in [0.1, 0.15) is 0 Å². The Bertz CT molecular complexity index is 561. The van der Waals surface area contributed by atoms with Crippen LogP contribution in [-0.2, 0) is 9.63 Å². The molecule has 5 nitrogen and oxygen atoms in total. The van der Waals surface area contributed by atoms with E-state index in [1.807, 2.05) is 19.1 Å². The number of hydrogen-bond acceptors (Lipinski definition) is 5. The number of carbonyl (C=O) groups is 1. The molecule has 1 aliphatic heterocycles. The molecule has 100 valence electrons. The first-order valence-corrected chi connectivity index (χ1v) is 5.94. The van der Waals surface area contributed by atoms with Crippen LogP contribution in [0.5, 0.6) is 11.5 Å². The van der Waals surface area contributed by atoms with E-state index in [9.17, 15) is 4.79 Å². The van der Waals surface area contributed by atoms with Gasteiger partial charge in [-0.25, -0.2) is 4.79 Å². The lowest BCUT2D eigenvalue weighted by atomic mass is 10.1. The van der Waals surface area contributed by atoms with E-state index < -0.39 is 5.97 Å². The molecule has 0 radical (unpaired) electrons. The molecule has 1 aromatic rings. The van der Waals surface area contributed by atoms with Crippen molar-refractivity contribution in [3.05, 3.63) is 29.3 Å². The Morgan fingerprint density at radius 2 is 2.16 bits per heavy atom. The van der Waals surface area contributed by atoms with Gasteiger partial charge < -0.3 is 14.3 Å². The van der Waals surface area contributed by atoms with Gasteiger partial charge >= 0.3 is 5.97 Å². The SMILES string of the molecule is CCOc1cc(/C=C2/C(=O)ON=C2C)ccc1OC. The van der Waals surface area contributed by atoms with Crippen molar-refractivity contribution in [2.75, 3.05) is 13.7 Å². The predicted molar refractivity (Wildman–Crippen MR) is 71.3 cm³/mol. The van der Waals surface area contributed by atoms with Crippen molar-refractivity contribution in [2.24, 2.45) is 5.16 Å². The first-order chi connectivity index (χ1) is 9.15. The average molecular weight is 261 g/mol. The van der Waals surface area contributed by atoms with Gasteiger partial charge in [0, 0.05) is 0 Å². The van der Waals surface area contributed by atoms with Crippen molar-refractivity contribution in [3.63, 3.8) is 0 Å². The summed E-state index contributed by atoms with van der Waals surface area (Å²) in [5, 5.41) is 3.63. The second kappa shape index (κ2) is 5.56. The summed E-state index contributed by atoms with van der Waals surface area (Å²) in [7, 11) is 1.58. The molecule has 0 fully saturated rings. The van der Waals surface area contributed by atoms with Crippen molar-refractivity contribution >= 4 is 17.8 Å². The van der Waals surface area contributed by atoms with E-state index in [-0.39, 0.29) is 0 Å². The largest absolute Gasteiger partial charge is 0.493 e. The molecule has 1 aromatic carbocycles. The highest BCUT2D eigenvalue weighted by Crippen LogP contribution is 2.29. The zero-order chi connectivity index (χ0) is 13.8. The van der Waals surface area contributed by atoms with E-state index in [0.29, 0.717) is 29.4 Å². The lowest BCUT2D eigenvalue weighted by Crippen LogP contribution is -2.02. The van der Waals surface area contributed by atoms with Crippen LogP contribution in [0.2, 0.25) is 0 Å². The number of benzene rings is 1. The Morgan fingerprint density at radius 1 is 1.37 bits per heavy atom. The maximum absolute atomic E-state index is 11.5. The van der Waals surface area contributed by atoms with Gasteiger partial charge in [-0.2, -0.15) is 0 Å². The van der Waals surface area contributed by atoms with E-state index in [1.165, 1.54) is 0 Å². The molecule has 0 N–H and O–H groups in total. The van der Waals surface area contributed by atoms with E-state index in [4.69, 9.17) is 9.47 Å². The average Bonchev–Trinajstić information content (AvgIpc) is 2.71. The molecule has 0 spiro atoms. The molecule has 0 aromatic heterocycles. The molecule has 0 saturated carbocycles. The molecule has 2 rings (SSSR count). The molecule has 0 saturated heterocycles. The summed E-state index contributed by atoms with van der Waals surface area (Å²) < 4.78 is 10.7. The molecule has 0 unspecified atom stereocenters. The molecule has 0 bridgehead atoms. The van der Waals surface area contributed by atoms with Gasteiger partial charge in [-0.1, -0.05) is 11.2 Å². The summed E-state index contributed by atoms with van der Waals surface area (Å²) in [4.78, 5) is 16.1. The van der Waals surface area contributed by atoms with Crippen LogP contribution in [0.1, 0.15) is 19.4 Å². The predicted octanol–water partition coefficient (Wildman–Crippen LogP) is 2.41. The number of oxime groups is 1. The molecule has 19 heavy (non-hydrogen) atoms. The third kappa shape index (κ3) is 2.76. The first kappa shape index (κ1) is 13.1. The normalized spacial score (nSPS) is 16.3. The number of ether oxygens (including phenoxy) is 2. The van der Waals surface area contributed by atoms with Gasteiger partial charge in [0.05, 0.1) is 25.0 Å². The van der Waals surface area contributed by atoms with Crippen molar-refractivity contribution in [1.82, 2.24) is 0 Å². The smallest absolute Gasteiger partial charge is 0.367 e. The van der Waals surface area contributed by atoms with E-state index in [1.54, 1.807) is 26.2 Å². The molecule has 1 heterocycles. The summed E-state index contributed by atoms with van der Waals surface area (Å²) in [6, 6.07) is 5.45. The van der Waals surface area contributed by atoms with Crippen molar-refractivity contribution < 1.29 is 19.1 Å². The minimum Gasteiger partial charge on any atom is -0.493 e. The van der Waals surface area contributed by atoms with Crippen LogP contribution in [-0.4, -0.2) is 25.4 Å². The fourth-order valence-electron chi connectivity index (χ4n) is 1.74. The summed E-state index contributed by atoms with van der Waals surface area (Å²) >= 11 is 0. The lowest BCUT2D eigenvalue weighted by molar-refractivity contribution is -0.136. The van der Waals surface area contributed by atoms with Gasteiger partial charge in [-0.05, 0) is 37.6 Å². The standard InChI is InChI=1S/C14H15NO4/c1-4-18-13-8-10(5-6-12(13)17-3)7-11-9(2)15-19-14(11)16/h5-8H,4H2,1-3H3/b11-7+. The molecular formula is C14H15NO4. The maximum Gasteiger partial charge on any atom is 0.367 e. The molecule has 5 heteroatoms. The quantitative estimate of drug-likeness (QED) is 0.617. The maximum atomic E-state index is 11.5. The zero-order valence-corrected chi connectivity index (χ0v) is 11.1. The first-order valence-electron chi connectivity index (χ1n) is 5.94. The summed E-state index contributed by atoms with van der Waals surface area (Å²) in [5.74, 6) is 0.856. The molecule has 0 aliphatic carbocycles. The van der Waals surface area contributed by atoms with Gasteiger partial charge in [0.25, 0.3) is 0 Å². The second-order valence-electron chi connectivity index (χ2n) is 3.96. The van der Waals surface area contributed by atoms with Gasteiger partial charge in [0.15, 0.2) is 11.5 Å².